The summed E-state index contributed by atoms with van der Waals surface area (Å²) in [4.78, 5) is 11.5. The molecule has 0 aromatic rings. The van der Waals surface area contributed by atoms with Gasteiger partial charge < -0.3 is 0 Å². The number of terminal acetylenes is 1. The Labute approximate surface area is 180 Å². The molecule has 1 nitrogen and oxygen atoms in total. The second-order valence-electron chi connectivity index (χ2n) is 11.7. The molecular weight excluding hydrogens is 352 g/mol. The lowest BCUT2D eigenvalue weighted by Crippen LogP contribution is -2.49. The van der Waals surface area contributed by atoms with E-state index in [0.29, 0.717) is 11.3 Å². The molecule has 0 radical (unpaired) electrons. The lowest BCUT2D eigenvalue weighted by Gasteiger charge is -2.55. The minimum absolute atomic E-state index is 0.0636. The lowest BCUT2D eigenvalue weighted by atomic mass is 9.49. The van der Waals surface area contributed by atoms with Crippen LogP contribution in [0.5, 0.6) is 0 Å². The zero-order valence-electron chi connectivity index (χ0n) is 20.2. The van der Waals surface area contributed by atoms with Crippen LogP contribution in [0.1, 0.15) is 87.5 Å². The number of hydrogen-bond donors (Lipinski definition) is 0. The molecule has 162 valence electrons. The van der Waals surface area contributed by atoms with Crippen molar-refractivity contribution in [2.45, 2.75) is 87.5 Å². The van der Waals surface area contributed by atoms with Gasteiger partial charge in [0.2, 0.25) is 0 Å². The van der Waals surface area contributed by atoms with E-state index in [1.165, 1.54) is 31.3 Å². The molecule has 3 rings (SSSR count). The van der Waals surface area contributed by atoms with Crippen molar-refractivity contribution in [1.82, 2.24) is 0 Å². The molecule has 0 aliphatic heterocycles. The van der Waals surface area contributed by atoms with Gasteiger partial charge in [0.25, 0.3) is 0 Å². The third kappa shape index (κ3) is 3.54. The molecule has 9 unspecified atom stereocenters. The highest BCUT2D eigenvalue weighted by Gasteiger charge is 2.76. The molecule has 3 saturated carbocycles. The molecule has 29 heavy (non-hydrogen) atoms. The fourth-order valence-corrected chi connectivity index (χ4v) is 8.33. The van der Waals surface area contributed by atoms with Crippen LogP contribution in [-0.4, -0.2) is 5.78 Å². The Hall–Kier alpha value is -1.03. The Morgan fingerprint density at radius 1 is 1.24 bits per heavy atom. The van der Waals surface area contributed by atoms with E-state index in [-0.39, 0.29) is 11.2 Å². The van der Waals surface area contributed by atoms with Gasteiger partial charge in [0.1, 0.15) is 0 Å². The first-order valence-electron chi connectivity index (χ1n) is 12.2. The molecule has 0 N–H and O–H groups in total. The van der Waals surface area contributed by atoms with Crippen molar-refractivity contribution in [3.8, 4) is 12.3 Å². The molecule has 0 saturated heterocycles. The van der Waals surface area contributed by atoms with E-state index in [1.54, 1.807) is 6.92 Å². The first kappa shape index (κ1) is 22.7. The van der Waals surface area contributed by atoms with E-state index in [4.69, 9.17) is 6.42 Å². The monoisotopic (exact) mass is 396 g/mol. The van der Waals surface area contributed by atoms with Crippen LogP contribution < -0.4 is 0 Å². The minimum atomic E-state index is 0.0636. The zero-order valence-corrected chi connectivity index (χ0v) is 20.2. The fraction of sp³-hybridized carbons (Fsp3) is 0.821. The minimum Gasteiger partial charge on any atom is -0.295 e. The van der Waals surface area contributed by atoms with Crippen LogP contribution >= 0.6 is 0 Å². The standard InChI is InChI=1S/C28H44O/c1-10-19(5)22-12-13-28(9)26(24-21(7)25(24)27(28,8)11-2)23(22)16-18(4)14-17(3)15-20(6)29/h2,15,18-19,21-26H,10,12-14,16H2,1,3-9H3/b17-15+/t18?,19?,21?,22?,23?,24?,25?,26?,27-,28?/m0/s1. The second-order valence-corrected chi connectivity index (χ2v) is 11.7. The van der Waals surface area contributed by atoms with Gasteiger partial charge in [-0.25, -0.2) is 0 Å². The molecule has 3 fully saturated rings. The third-order valence-electron chi connectivity index (χ3n) is 9.93. The first-order valence-corrected chi connectivity index (χ1v) is 12.2. The van der Waals surface area contributed by atoms with Gasteiger partial charge in [-0.2, -0.15) is 0 Å². The molecule has 3 aliphatic carbocycles. The van der Waals surface area contributed by atoms with Crippen molar-refractivity contribution >= 4 is 5.78 Å². The first-order chi connectivity index (χ1) is 13.5. The van der Waals surface area contributed by atoms with Crippen molar-refractivity contribution in [2.75, 3.05) is 0 Å². The summed E-state index contributed by atoms with van der Waals surface area (Å²) in [6, 6.07) is 0. The van der Waals surface area contributed by atoms with Gasteiger partial charge in [-0.15, -0.1) is 6.42 Å². The summed E-state index contributed by atoms with van der Waals surface area (Å²) in [7, 11) is 0. The predicted octanol–water partition coefficient (Wildman–Crippen LogP) is 7.17. The van der Waals surface area contributed by atoms with Crippen LogP contribution in [-0.2, 0) is 4.79 Å². The van der Waals surface area contributed by atoms with E-state index in [2.05, 4.69) is 54.4 Å². The summed E-state index contributed by atoms with van der Waals surface area (Å²) in [6.07, 6.45) is 14.3. The second kappa shape index (κ2) is 7.90. The average molecular weight is 397 g/mol. The largest absolute Gasteiger partial charge is 0.295 e. The van der Waals surface area contributed by atoms with E-state index in [9.17, 15) is 4.79 Å². The highest BCUT2D eigenvalue weighted by molar-refractivity contribution is 5.87. The molecule has 0 amide bonds. The van der Waals surface area contributed by atoms with Crippen LogP contribution in [0, 0.1) is 70.5 Å². The Kier molecular flexibility index (Phi) is 6.17. The Bertz CT molecular complexity index is 710. The quantitative estimate of drug-likeness (QED) is 0.329. The molecule has 1 heteroatoms. The maximum atomic E-state index is 11.5. The SMILES string of the molecule is C#C[C@@]1(C)C2C(C)C2C2C(CC(C)C/C(C)=C/C(C)=O)C(C(C)CC)CCC21C. The van der Waals surface area contributed by atoms with Crippen molar-refractivity contribution in [3.63, 3.8) is 0 Å². The van der Waals surface area contributed by atoms with E-state index < -0.39 is 0 Å². The van der Waals surface area contributed by atoms with Gasteiger partial charge in [-0.05, 0) is 105 Å². The molecule has 3 aliphatic rings. The summed E-state index contributed by atoms with van der Waals surface area (Å²) >= 11 is 0. The highest BCUT2D eigenvalue weighted by atomic mass is 16.1. The van der Waals surface area contributed by atoms with Crippen molar-refractivity contribution in [3.05, 3.63) is 11.6 Å². The van der Waals surface area contributed by atoms with Crippen molar-refractivity contribution in [1.29, 1.82) is 0 Å². The molecule has 0 spiro atoms. The van der Waals surface area contributed by atoms with E-state index in [1.807, 2.05) is 6.08 Å². The molecular formula is C28H44O. The number of carbonyl (C=O) groups excluding carboxylic acids is 1. The van der Waals surface area contributed by atoms with E-state index >= 15 is 0 Å². The maximum absolute atomic E-state index is 11.5. The van der Waals surface area contributed by atoms with Crippen LogP contribution in [0.3, 0.4) is 0 Å². The van der Waals surface area contributed by atoms with Crippen LogP contribution in [0.2, 0.25) is 0 Å². The summed E-state index contributed by atoms with van der Waals surface area (Å²) in [5.74, 6) is 9.65. The summed E-state index contributed by atoms with van der Waals surface area (Å²) in [5.41, 5.74) is 1.59. The van der Waals surface area contributed by atoms with Gasteiger partial charge in [0.15, 0.2) is 5.78 Å². The Morgan fingerprint density at radius 3 is 2.45 bits per heavy atom. The van der Waals surface area contributed by atoms with Gasteiger partial charge in [0, 0.05) is 5.41 Å². The van der Waals surface area contributed by atoms with Crippen LogP contribution in [0.15, 0.2) is 11.6 Å². The van der Waals surface area contributed by atoms with Gasteiger partial charge >= 0.3 is 0 Å². The predicted molar refractivity (Wildman–Crippen MR) is 123 cm³/mol. The van der Waals surface area contributed by atoms with Gasteiger partial charge in [-0.3, -0.25) is 4.79 Å². The number of allylic oxidation sites excluding steroid dienone is 2. The zero-order chi connectivity index (χ0) is 21.7. The Balaban J connectivity index is 1.90. The smallest absolute Gasteiger partial charge is 0.152 e. The Morgan fingerprint density at radius 2 is 1.90 bits per heavy atom. The number of rotatable bonds is 7. The highest BCUT2D eigenvalue weighted by Crippen LogP contribution is 2.80. The van der Waals surface area contributed by atoms with E-state index in [0.717, 1.165) is 47.8 Å². The molecule has 0 heterocycles. The average Bonchev–Trinajstić information content (AvgIpc) is 3.23. The molecule has 10 atom stereocenters. The number of ketones is 1. The topological polar surface area (TPSA) is 17.1 Å². The molecule has 0 aromatic carbocycles. The van der Waals surface area contributed by atoms with Crippen LogP contribution in [0.4, 0.5) is 0 Å². The van der Waals surface area contributed by atoms with Crippen molar-refractivity contribution in [2.24, 2.45) is 58.2 Å². The van der Waals surface area contributed by atoms with Crippen molar-refractivity contribution < 1.29 is 4.79 Å². The van der Waals surface area contributed by atoms with Crippen LogP contribution in [0.25, 0.3) is 0 Å². The molecule has 0 aromatic heterocycles. The van der Waals surface area contributed by atoms with Gasteiger partial charge in [0.05, 0.1) is 0 Å². The number of fused-ring (bicyclic) bond motifs is 3. The summed E-state index contributed by atoms with van der Waals surface area (Å²) < 4.78 is 0. The van der Waals surface area contributed by atoms with Gasteiger partial charge in [-0.1, -0.05) is 52.5 Å². The normalized spacial score (nSPS) is 45.7. The summed E-state index contributed by atoms with van der Waals surface area (Å²) in [6.45, 7) is 18.4. The number of carbonyl (C=O) groups is 1. The number of hydrogen-bond acceptors (Lipinski definition) is 1. The maximum Gasteiger partial charge on any atom is 0.152 e. The molecule has 0 bridgehead atoms. The summed E-state index contributed by atoms with van der Waals surface area (Å²) in [5, 5.41) is 0. The lowest BCUT2D eigenvalue weighted by molar-refractivity contribution is -0.112. The third-order valence-corrected chi connectivity index (χ3v) is 9.93. The fourth-order valence-electron chi connectivity index (χ4n) is 8.33.